The zero-order valence-corrected chi connectivity index (χ0v) is 9.13. The second kappa shape index (κ2) is 3.61. The van der Waals surface area contributed by atoms with Crippen molar-refractivity contribution in [3.8, 4) is 10.6 Å². The average molecular weight is 232 g/mol. The summed E-state index contributed by atoms with van der Waals surface area (Å²) in [6.45, 7) is 0. The molecule has 0 aliphatic carbocycles. The van der Waals surface area contributed by atoms with Gasteiger partial charge in [0, 0.05) is 7.05 Å². The number of hydrogen-bond acceptors (Lipinski definition) is 5. The van der Waals surface area contributed by atoms with E-state index in [-0.39, 0.29) is 0 Å². The van der Waals surface area contributed by atoms with E-state index >= 15 is 0 Å². The molecule has 2 aromatic heterocycles. The summed E-state index contributed by atoms with van der Waals surface area (Å²) in [5.74, 6) is 0.786. The SMILES string of the molecule is CNc1nsnc1-c1sccc1Cl. The van der Waals surface area contributed by atoms with Crippen molar-refractivity contribution in [2.45, 2.75) is 0 Å². The minimum Gasteiger partial charge on any atom is -0.370 e. The second-order valence-corrected chi connectivity index (χ2v) is 4.16. The van der Waals surface area contributed by atoms with E-state index in [2.05, 4.69) is 14.1 Å². The number of nitrogens with one attached hydrogen (secondary N) is 1. The predicted molar refractivity (Wildman–Crippen MR) is 57.8 cm³/mol. The fraction of sp³-hybridized carbons (Fsp3) is 0.143. The van der Waals surface area contributed by atoms with Crippen molar-refractivity contribution in [1.29, 1.82) is 0 Å². The highest BCUT2D eigenvalue weighted by Crippen LogP contribution is 2.35. The molecule has 0 saturated carbocycles. The third-order valence-corrected chi connectivity index (χ3v) is 3.43. The first-order valence-electron chi connectivity index (χ1n) is 3.56. The van der Waals surface area contributed by atoms with Gasteiger partial charge in [0.2, 0.25) is 0 Å². The third-order valence-electron chi connectivity index (χ3n) is 1.56. The van der Waals surface area contributed by atoms with E-state index in [1.807, 2.05) is 18.5 Å². The van der Waals surface area contributed by atoms with Gasteiger partial charge in [0.25, 0.3) is 0 Å². The van der Waals surface area contributed by atoms with E-state index in [4.69, 9.17) is 11.6 Å². The van der Waals surface area contributed by atoms with Crippen LogP contribution in [-0.2, 0) is 0 Å². The van der Waals surface area contributed by atoms with Gasteiger partial charge in [-0.1, -0.05) is 11.6 Å². The van der Waals surface area contributed by atoms with Crippen molar-refractivity contribution >= 4 is 40.5 Å². The first-order chi connectivity index (χ1) is 6.33. The molecule has 0 spiro atoms. The summed E-state index contributed by atoms with van der Waals surface area (Å²) < 4.78 is 8.28. The van der Waals surface area contributed by atoms with Crippen molar-refractivity contribution in [2.75, 3.05) is 12.4 Å². The van der Waals surface area contributed by atoms with Gasteiger partial charge >= 0.3 is 0 Å². The molecule has 13 heavy (non-hydrogen) atoms. The van der Waals surface area contributed by atoms with Crippen LogP contribution in [0.4, 0.5) is 5.82 Å². The molecule has 0 aliphatic rings. The lowest BCUT2D eigenvalue weighted by Gasteiger charge is -1.96. The molecule has 2 heterocycles. The van der Waals surface area contributed by atoms with Crippen LogP contribution in [0, 0.1) is 0 Å². The maximum Gasteiger partial charge on any atom is 0.168 e. The zero-order valence-electron chi connectivity index (χ0n) is 6.74. The standard InChI is InChI=1S/C7H6ClN3S2/c1-9-7-5(10-13-11-7)6-4(8)2-3-12-6/h2-3H,1H3,(H,9,11). The first kappa shape index (κ1) is 8.93. The maximum atomic E-state index is 5.98. The quantitative estimate of drug-likeness (QED) is 0.864. The van der Waals surface area contributed by atoms with Gasteiger partial charge in [0.05, 0.1) is 21.6 Å². The molecule has 6 heteroatoms. The van der Waals surface area contributed by atoms with Crippen LogP contribution in [0.1, 0.15) is 0 Å². The van der Waals surface area contributed by atoms with Gasteiger partial charge in [-0.3, -0.25) is 0 Å². The van der Waals surface area contributed by atoms with Crippen LogP contribution in [0.15, 0.2) is 11.4 Å². The van der Waals surface area contributed by atoms with Crippen LogP contribution >= 0.6 is 34.7 Å². The second-order valence-electron chi connectivity index (χ2n) is 2.31. The van der Waals surface area contributed by atoms with E-state index in [0.717, 1.165) is 21.4 Å². The molecule has 0 aliphatic heterocycles. The Morgan fingerprint density at radius 2 is 2.31 bits per heavy atom. The molecule has 0 aromatic carbocycles. The minimum atomic E-state index is 0.731. The summed E-state index contributed by atoms with van der Waals surface area (Å²) in [7, 11) is 1.82. The van der Waals surface area contributed by atoms with Gasteiger partial charge in [-0.15, -0.1) is 11.3 Å². The summed E-state index contributed by atoms with van der Waals surface area (Å²) in [5.41, 5.74) is 0.840. The minimum absolute atomic E-state index is 0.731. The molecule has 3 nitrogen and oxygen atoms in total. The predicted octanol–water partition coefficient (Wildman–Crippen LogP) is 2.96. The summed E-state index contributed by atoms with van der Waals surface area (Å²) in [4.78, 5) is 0.972. The van der Waals surface area contributed by atoms with E-state index in [9.17, 15) is 0 Å². The monoisotopic (exact) mass is 231 g/mol. The van der Waals surface area contributed by atoms with Crippen molar-refractivity contribution in [2.24, 2.45) is 0 Å². The molecule has 2 aromatic rings. The van der Waals surface area contributed by atoms with E-state index in [0.29, 0.717) is 0 Å². The van der Waals surface area contributed by atoms with Crippen molar-refractivity contribution in [1.82, 2.24) is 8.75 Å². The lowest BCUT2D eigenvalue weighted by molar-refractivity contribution is 1.42. The summed E-state index contributed by atoms with van der Waals surface area (Å²) in [6.07, 6.45) is 0. The van der Waals surface area contributed by atoms with Crippen LogP contribution in [-0.4, -0.2) is 15.8 Å². The number of halogens is 1. The molecule has 0 saturated heterocycles. The average Bonchev–Trinajstić information content (AvgIpc) is 2.71. The number of aromatic nitrogens is 2. The highest BCUT2D eigenvalue weighted by Gasteiger charge is 2.13. The normalized spacial score (nSPS) is 10.3. The number of rotatable bonds is 2. The molecule has 2 rings (SSSR count). The van der Waals surface area contributed by atoms with Crippen LogP contribution in [0.5, 0.6) is 0 Å². The van der Waals surface area contributed by atoms with Crippen LogP contribution < -0.4 is 5.32 Å². The summed E-state index contributed by atoms with van der Waals surface area (Å²) in [5, 5.41) is 5.65. The Morgan fingerprint density at radius 3 is 2.92 bits per heavy atom. The van der Waals surface area contributed by atoms with Crippen LogP contribution in [0.3, 0.4) is 0 Å². The van der Waals surface area contributed by atoms with Gasteiger partial charge in [0.1, 0.15) is 5.69 Å². The molecular weight excluding hydrogens is 226 g/mol. The zero-order chi connectivity index (χ0) is 9.26. The van der Waals surface area contributed by atoms with Gasteiger partial charge < -0.3 is 5.32 Å². The van der Waals surface area contributed by atoms with Gasteiger partial charge in [-0.05, 0) is 11.4 Å². The number of anilines is 1. The van der Waals surface area contributed by atoms with E-state index < -0.39 is 0 Å². The number of thiophene rings is 1. The Labute approximate surface area is 88.7 Å². The summed E-state index contributed by atoms with van der Waals surface area (Å²) >= 11 is 8.73. The van der Waals surface area contributed by atoms with Gasteiger partial charge in [-0.2, -0.15) is 8.75 Å². The fourth-order valence-corrected chi connectivity index (χ4v) is 2.72. The van der Waals surface area contributed by atoms with Crippen LogP contribution in [0.2, 0.25) is 5.02 Å². The van der Waals surface area contributed by atoms with E-state index in [1.54, 1.807) is 11.3 Å². The Morgan fingerprint density at radius 1 is 1.46 bits per heavy atom. The molecule has 0 amide bonds. The third kappa shape index (κ3) is 1.54. The molecule has 0 bridgehead atoms. The van der Waals surface area contributed by atoms with Crippen LogP contribution in [0.25, 0.3) is 10.6 Å². The van der Waals surface area contributed by atoms with Gasteiger partial charge in [0.15, 0.2) is 5.82 Å². The van der Waals surface area contributed by atoms with E-state index in [1.165, 1.54) is 11.7 Å². The maximum absolute atomic E-state index is 5.98. The lowest BCUT2D eigenvalue weighted by atomic mass is 10.3. The van der Waals surface area contributed by atoms with Crippen molar-refractivity contribution in [3.05, 3.63) is 16.5 Å². The Bertz CT molecular complexity index is 409. The fourth-order valence-electron chi connectivity index (χ4n) is 0.964. The Hall–Kier alpha value is -0.650. The largest absolute Gasteiger partial charge is 0.370 e. The lowest BCUT2D eigenvalue weighted by Crippen LogP contribution is -1.89. The molecule has 0 radical (unpaired) electrons. The Balaban J connectivity index is 2.52. The van der Waals surface area contributed by atoms with Gasteiger partial charge in [-0.25, -0.2) is 0 Å². The first-order valence-corrected chi connectivity index (χ1v) is 5.55. The highest BCUT2D eigenvalue weighted by molar-refractivity contribution is 7.14. The smallest absolute Gasteiger partial charge is 0.168 e. The molecule has 0 fully saturated rings. The Kier molecular flexibility index (Phi) is 2.48. The molecule has 0 unspecified atom stereocenters. The highest BCUT2D eigenvalue weighted by atomic mass is 35.5. The summed E-state index contributed by atoms with van der Waals surface area (Å²) in [6, 6.07) is 1.86. The van der Waals surface area contributed by atoms with Crippen molar-refractivity contribution in [3.63, 3.8) is 0 Å². The molecular formula is C7H6ClN3S2. The molecule has 0 atom stereocenters. The topological polar surface area (TPSA) is 37.8 Å². The number of nitrogens with zero attached hydrogens (tertiary/aromatic N) is 2. The molecule has 68 valence electrons. The molecule has 1 N–H and O–H groups in total. The van der Waals surface area contributed by atoms with Crippen molar-refractivity contribution < 1.29 is 0 Å². The number of hydrogen-bond donors (Lipinski definition) is 1.